The van der Waals surface area contributed by atoms with Gasteiger partial charge in [-0.2, -0.15) is 0 Å². The zero-order valence-corrected chi connectivity index (χ0v) is 20.9. The van der Waals surface area contributed by atoms with E-state index in [4.69, 9.17) is 4.84 Å². The summed E-state index contributed by atoms with van der Waals surface area (Å²) in [5.74, 6) is 0.704. The number of carboxylic acid groups (broad SMARTS) is 1. The molecule has 1 unspecified atom stereocenters. The lowest BCUT2D eigenvalue weighted by atomic mass is 9.46. The summed E-state index contributed by atoms with van der Waals surface area (Å²) in [6.45, 7) is 7.09. The van der Waals surface area contributed by atoms with Crippen LogP contribution in [-0.4, -0.2) is 57.5 Å². The Bertz CT molecular complexity index is 926. The maximum absolute atomic E-state index is 12.4. The van der Waals surface area contributed by atoms with Crippen LogP contribution in [0, 0.1) is 28.6 Å². The Kier molecular flexibility index (Phi) is 5.85. The molecule has 188 valence electrons. The van der Waals surface area contributed by atoms with E-state index in [2.05, 4.69) is 32.0 Å². The lowest BCUT2D eigenvalue weighted by molar-refractivity contribution is -0.150. The quantitative estimate of drug-likeness (QED) is 0.599. The SMILES string of the molecule is C[C@]12CC/C(=N\OCC(=O)N3CCCC3C(=O)O)C=C1CC[C@@H]1[C@@H]2CC[C@@]2(C)[C@H]1CC[C@]2(C)O. The number of carboxylic acids is 1. The number of fused-ring (bicyclic) bond motifs is 5. The highest BCUT2D eigenvalue weighted by molar-refractivity contribution is 5.96. The molecule has 0 spiro atoms. The number of carbonyl (C=O) groups excluding carboxylic acids is 1. The summed E-state index contributed by atoms with van der Waals surface area (Å²) < 4.78 is 0. The highest BCUT2D eigenvalue weighted by atomic mass is 16.6. The van der Waals surface area contributed by atoms with E-state index >= 15 is 0 Å². The molecule has 7 atom stereocenters. The molecule has 0 aromatic rings. The summed E-state index contributed by atoms with van der Waals surface area (Å²) in [6.07, 6.45) is 11.9. The molecule has 5 rings (SSSR count). The number of aliphatic carboxylic acids is 1. The van der Waals surface area contributed by atoms with Gasteiger partial charge in [0.1, 0.15) is 6.04 Å². The van der Waals surface area contributed by atoms with Crippen molar-refractivity contribution < 1.29 is 24.6 Å². The van der Waals surface area contributed by atoms with E-state index in [1.165, 1.54) is 23.3 Å². The Hall–Kier alpha value is -1.89. The van der Waals surface area contributed by atoms with E-state index in [9.17, 15) is 19.8 Å². The van der Waals surface area contributed by atoms with Crippen LogP contribution in [0.5, 0.6) is 0 Å². The molecule has 34 heavy (non-hydrogen) atoms. The van der Waals surface area contributed by atoms with Gasteiger partial charge in [-0.1, -0.05) is 24.6 Å². The van der Waals surface area contributed by atoms with Crippen LogP contribution in [0.1, 0.15) is 85.0 Å². The third-order valence-electron chi connectivity index (χ3n) is 10.8. The van der Waals surface area contributed by atoms with E-state index in [1.54, 1.807) is 0 Å². The molecule has 0 bridgehead atoms. The van der Waals surface area contributed by atoms with Gasteiger partial charge in [0.2, 0.25) is 0 Å². The van der Waals surface area contributed by atoms with Gasteiger partial charge in [0.25, 0.3) is 5.91 Å². The number of nitrogens with zero attached hydrogens (tertiary/aromatic N) is 2. The van der Waals surface area contributed by atoms with Gasteiger partial charge in [0.15, 0.2) is 6.61 Å². The number of hydrogen-bond acceptors (Lipinski definition) is 5. The minimum atomic E-state index is -0.951. The van der Waals surface area contributed by atoms with E-state index in [0.29, 0.717) is 37.1 Å². The first-order chi connectivity index (χ1) is 16.1. The molecule has 4 fully saturated rings. The fraction of sp³-hybridized carbons (Fsp3) is 0.815. The third-order valence-corrected chi connectivity index (χ3v) is 10.8. The number of oxime groups is 1. The summed E-state index contributed by atoms with van der Waals surface area (Å²) in [7, 11) is 0. The average Bonchev–Trinajstić information content (AvgIpc) is 3.37. The number of allylic oxidation sites excluding steroid dienone is 2. The van der Waals surface area contributed by atoms with Crippen LogP contribution in [-0.2, 0) is 14.4 Å². The maximum Gasteiger partial charge on any atom is 0.326 e. The van der Waals surface area contributed by atoms with Crippen molar-refractivity contribution in [1.29, 1.82) is 0 Å². The number of likely N-dealkylation sites (tertiary alicyclic amines) is 1. The van der Waals surface area contributed by atoms with Crippen molar-refractivity contribution in [2.24, 2.45) is 33.7 Å². The van der Waals surface area contributed by atoms with Crippen LogP contribution in [0.2, 0.25) is 0 Å². The predicted molar refractivity (Wildman–Crippen MR) is 128 cm³/mol. The van der Waals surface area contributed by atoms with Gasteiger partial charge < -0.3 is 20.0 Å². The van der Waals surface area contributed by atoms with Crippen molar-refractivity contribution in [3.8, 4) is 0 Å². The molecular formula is C27H40N2O5. The molecule has 4 aliphatic carbocycles. The molecule has 1 saturated heterocycles. The minimum Gasteiger partial charge on any atom is -0.480 e. The highest BCUT2D eigenvalue weighted by Gasteiger charge is 2.62. The van der Waals surface area contributed by atoms with E-state index in [0.717, 1.165) is 44.2 Å². The fourth-order valence-corrected chi connectivity index (χ4v) is 8.46. The van der Waals surface area contributed by atoms with Gasteiger partial charge in [-0.3, -0.25) is 4.79 Å². The monoisotopic (exact) mass is 472 g/mol. The van der Waals surface area contributed by atoms with Gasteiger partial charge in [0.05, 0.1) is 11.3 Å². The second kappa shape index (κ2) is 8.35. The Morgan fingerprint density at radius 3 is 2.62 bits per heavy atom. The molecule has 1 heterocycles. The topological polar surface area (TPSA) is 99.4 Å². The Labute approximate surface area is 202 Å². The molecule has 1 amide bonds. The largest absolute Gasteiger partial charge is 0.480 e. The van der Waals surface area contributed by atoms with Crippen LogP contribution in [0.4, 0.5) is 0 Å². The Morgan fingerprint density at radius 2 is 1.85 bits per heavy atom. The van der Waals surface area contributed by atoms with E-state index in [1.807, 2.05) is 0 Å². The standard InChI is InChI=1S/C27H40N2O5/c1-25-11-8-18(28-34-16-23(30)29-14-4-5-22(29)24(31)32)15-17(25)6-7-19-20(25)9-12-26(2)21(19)10-13-27(26,3)33/h15,19-22,33H,4-14,16H2,1-3H3,(H,31,32)/b28-18+/t19-,20+,21+,22?,25+,26+,27+/m1/s1. The highest BCUT2D eigenvalue weighted by Crippen LogP contribution is 2.67. The van der Waals surface area contributed by atoms with Crippen LogP contribution < -0.4 is 0 Å². The number of amides is 1. The van der Waals surface area contributed by atoms with Gasteiger partial charge in [-0.05, 0) is 106 Å². The first-order valence-corrected chi connectivity index (χ1v) is 13.2. The first kappa shape index (κ1) is 23.8. The van der Waals surface area contributed by atoms with Crippen molar-refractivity contribution in [1.82, 2.24) is 4.90 Å². The maximum atomic E-state index is 12.4. The minimum absolute atomic E-state index is 0.0440. The predicted octanol–water partition coefficient (Wildman–Crippen LogP) is 4.15. The second-order valence-electron chi connectivity index (χ2n) is 12.2. The third kappa shape index (κ3) is 3.61. The molecular weight excluding hydrogens is 432 g/mol. The van der Waals surface area contributed by atoms with Crippen LogP contribution in [0.15, 0.2) is 16.8 Å². The van der Waals surface area contributed by atoms with E-state index < -0.39 is 17.6 Å². The van der Waals surface area contributed by atoms with Crippen molar-refractivity contribution in [2.45, 2.75) is 96.6 Å². The molecule has 0 aromatic heterocycles. The van der Waals surface area contributed by atoms with Gasteiger partial charge in [-0.25, -0.2) is 4.79 Å². The Morgan fingerprint density at radius 1 is 1.09 bits per heavy atom. The molecule has 3 saturated carbocycles. The van der Waals surface area contributed by atoms with Crippen molar-refractivity contribution in [2.75, 3.05) is 13.2 Å². The fourth-order valence-electron chi connectivity index (χ4n) is 8.46. The number of carbonyl (C=O) groups is 2. The number of rotatable bonds is 4. The molecule has 5 aliphatic rings. The summed E-state index contributed by atoms with van der Waals surface area (Å²) >= 11 is 0. The summed E-state index contributed by atoms with van der Waals surface area (Å²) in [5.41, 5.74) is 2.03. The molecule has 7 heteroatoms. The molecule has 1 aliphatic heterocycles. The van der Waals surface area contributed by atoms with Crippen molar-refractivity contribution in [3.05, 3.63) is 11.6 Å². The normalized spacial score (nSPS) is 44.8. The van der Waals surface area contributed by atoms with Crippen LogP contribution in [0.25, 0.3) is 0 Å². The van der Waals surface area contributed by atoms with Crippen molar-refractivity contribution in [3.63, 3.8) is 0 Å². The molecule has 7 nitrogen and oxygen atoms in total. The van der Waals surface area contributed by atoms with Crippen LogP contribution in [0.3, 0.4) is 0 Å². The lowest BCUT2D eigenvalue weighted by Crippen LogP contribution is -2.53. The molecule has 0 radical (unpaired) electrons. The first-order valence-electron chi connectivity index (χ1n) is 13.2. The summed E-state index contributed by atoms with van der Waals surface area (Å²) in [4.78, 5) is 30.6. The molecule has 0 aromatic carbocycles. The smallest absolute Gasteiger partial charge is 0.326 e. The second-order valence-corrected chi connectivity index (χ2v) is 12.2. The van der Waals surface area contributed by atoms with Gasteiger partial charge >= 0.3 is 5.97 Å². The number of aliphatic hydroxyl groups is 1. The lowest BCUT2D eigenvalue weighted by Gasteiger charge is -2.59. The zero-order chi connectivity index (χ0) is 24.3. The van der Waals surface area contributed by atoms with Gasteiger partial charge in [0, 0.05) is 6.54 Å². The Balaban J connectivity index is 1.25. The van der Waals surface area contributed by atoms with E-state index in [-0.39, 0.29) is 23.3 Å². The summed E-state index contributed by atoms with van der Waals surface area (Å²) in [5, 5.41) is 24.7. The zero-order valence-electron chi connectivity index (χ0n) is 20.9. The average molecular weight is 473 g/mol. The summed E-state index contributed by atoms with van der Waals surface area (Å²) in [6, 6.07) is -0.739. The molecule has 2 N–H and O–H groups in total. The van der Waals surface area contributed by atoms with Crippen LogP contribution >= 0.6 is 0 Å². The number of hydrogen-bond donors (Lipinski definition) is 2. The van der Waals surface area contributed by atoms with Gasteiger partial charge in [-0.15, -0.1) is 0 Å². The van der Waals surface area contributed by atoms with Crippen molar-refractivity contribution >= 4 is 17.6 Å².